The third-order valence-electron chi connectivity index (χ3n) is 5.11. The van der Waals surface area contributed by atoms with E-state index in [9.17, 15) is 9.59 Å². The van der Waals surface area contributed by atoms with Crippen LogP contribution in [0.15, 0.2) is 71.3 Å². The van der Waals surface area contributed by atoms with Gasteiger partial charge in [-0.05, 0) is 18.1 Å². The van der Waals surface area contributed by atoms with Crippen LogP contribution in [0.2, 0.25) is 0 Å². The van der Waals surface area contributed by atoms with Gasteiger partial charge in [-0.1, -0.05) is 65.8 Å². The molecule has 0 aliphatic carbocycles. The third kappa shape index (κ3) is 4.37. The van der Waals surface area contributed by atoms with Crippen LogP contribution >= 0.6 is 0 Å². The molecule has 6 heteroatoms. The highest BCUT2D eigenvalue weighted by Crippen LogP contribution is 2.23. The number of hydrogen-bond donors (Lipinski definition) is 0. The van der Waals surface area contributed by atoms with Crippen molar-refractivity contribution in [2.45, 2.75) is 20.0 Å². The van der Waals surface area contributed by atoms with E-state index in [-0.39, 0.29) is 17.7 Å². The van der Waals surface area contributed by atoms with Crippen molar-refractivity contribution in [2.75, 3.05) is 13.1 Å². The molecule has 1 saturated heterocycles. The van der Waals surface area contributed by atoms with Crippen molar-refractivity contribution < 1.29 is 14.1 Å². The fraction of sp³-hybridized carbons (Fsp3) is 0.261. The molecule has 4 rings (SSSR count). The third-order valence-corrected chi connectivity index (χ3v) is 5.11. The van der Waals surface area contributed by atoms with Crippen molar-refractivity contribution in [2.24, 2.45) is 5.92 Å². The van der Waals surface area contributed by atoms with E-state index in [0.717, 1.165) is 11.1 Å². The van der Waals surface area contributed by atoms with E-state index in [2.05, 4.69) is 5.16 Å². The quantitative estimate of drug-likeness (QED) is 0.649. The maximum Gasteiger partial charge on any atom is 0.276 e. The lowest BCUT2D eigenvalue weighted by Gasteiger charge is -2.40. The first-order chi connectivity index (χ1) is 14.1. The molecule has 0 N–H and O–H groups in total. The predicted molar refractivity (Wildman–Crippen MR) is 108 cm³/mol. The molecule has 0 bridgehead atoms. The Morgan fingerprint density at radius 2 is 1.55 bits per heavy atom. The van der Waals surface area contributed by atoms with E-state index in [4.69, 9.17) is 4.52 Å². The summed E-state index contributed by atoms with van der Waals surface area (Å²) in [5.74, 6) is 0.277. The molecule has 0 radical (unpaired) electrons. The van der Waals surface area contributed by atoms with E-state index < -0.39 is 0 Å². The maximum atomic E-state index is 13.2. The molecular formula is C23H23N3O3. The highest BCUT2D eigenvalue weighted by molar-refractivity contribution is 5.94. The van der Waals surface area contributed by atoms with Gasteiger partial charge in [-0.3, -0.25) is 9.59 Å². The van der Waals surface area contributed by atoms with Crippen molar-refractivity contribution >= 4 is 11.8 Å². The summed E-state index contributed by atoms with van der Waals surface area (Å²) >= 11 is 0. The van der Waals surface area contributed by atoms with Crippen LogP contribution < -0.4 is 0 Å². The van der Waals surface area contributed by atoms with Crippen molar-refractivity contribution in [3.8, 4) is 0 Å². The zero-order valence-corrected chi connectivity index (χ0v) is 16.3. The highest BCUT2D eigenvalue weighted by atomic mass is 16.5. The molecule has 29 heavy (non-hydrogen) atoms. The molecule has 0 unspecified atom stereocenters. The molecule has 0 atom stereocenters. The lowest BCUT2D eigenvalue weighted by Crippen LogP contribution is -2.56. The van der Waals surface area contributed by atoms with Gasteiger partial charge in [0.05, 0.1) is 5.92 Å². The smallest absolute Gasteiger partial charge is 0.276 e. The Kier molecular flexibility index (Phi) is 5.42. The Hall–Kier alpha value is -3.41. The van der Waals surface area contributed by atoms with Gasteiger partial charge in [-0.2, -0.15) is 0 Å². The molecule has 148 valence electrons. The number of nitrogens with zero attached hydrogens (tertiary/aromatic N) is 3. The molecule has 6 nitrogen and oxygen atoms in total. The Balaban J connectivity index is 1.43. The van der Waals surface area contributed by atoms with Gasteiger partial charge < -0.3 is 14.3 Å². The second kappa shape index (κ2) is 8.31. The fourth-order valence-electron chi connectivity index (χ4n) is 3.51. The summed E-state index contributed by atoms with van der Waals surface area (Å²) in [4.78, 5) is 29.2. The molecule has 1 aliphatic heterocycles. The average Bonchev–Trinajstić information content (AvgIpc) is 3.14. The Morgan fingerprint density at radius 3 is 2.03 bits per heavy atom. The second-order valence-corrected chi connectivity index (χ2v) is 7.40. The van der Waals surface area contributed by atoms with Crippen LogP contribution in [0, 0.1) is 12.8 Å². The largest absolute Gasteiger partial charge is 0.361 e. The van der Waals surface area contributed by atoms with Gasteiger partial charge in [0.15, 0.2) is 5.69 Å². The monoisotopic (exact) mass is 389 g/mol. The van der Waals surface area contributed by atoms with Crippen LogP contribution in [0.1, 0.15) is 27.4 Å². The molecule has 1 aromatic heterocycles. The average molecular weight is 389 g/mol. The summed E-state index contributed by atoms with van der Waals surface area (Å²) in [6.45, 7) is 3.65. The molecule has 0 spiro atoms. The van der Waals surface area contributed by atoms with Gasteiger partial charge >= 0.3 is 0 Å². The van der Waals surface area contributed by atoms with Gasteiger partial charge in [0.2, 0.25) is 5.91 Å². The molecular weight excluding hydrogens is 366 g/mol. The molecule has 1 aliphatic rings. The topological polar surface area (TPSA) is 66.7 Å². The Morgan fingerprint density at radius 1 is 1.00 bits per heavy atom. The number of hydrogen-bond acceptors (Lipinski definition) is 4. The van der Waals surface area contributed by atoms with Crippen LogP contribution in [0.5, 0.6) is 0 Å². The molecule has 2 aromatic carbocycles. The van der Waals surface area contributed by atoms with Crippen LogP contribution in [-0.4, -0.2) is 39.9 Å². The van der Waals surface area contributed by atoms with Gasteiger partial charge in [0.1, 0.15) is 5.76 Å². The van der Waals surface area contributed by atoms with Crippen molar-refractivity contribution in [1.82, 2.24) is 15.0 Å². The number of carbonyl (C=O) groups is 2. The Bertz CT molecular complexity index is 937. The maximum absolute atomic E-state index is 13.2. The zero-order valence-electron chi connectivity index (χ0n) is 16.3. The van der Waals surface area contributed by atoms with Crippen LogP contribution in [-0.2, 0) is 17.9 Å². The number of likely N-dealkylation sites (tertiary alicyclic amines) is 1. The number of benzene rings is 2. The first-order valence-electron chi connectivity index (χ1n) is 9.69. The summed E-state index contributed by atoms with van der Waals surface area (Å²) in [6.07, 6.45) is 0. The van der Waals surface area contributed by atoms with Gasteiger partial charge in [-0.25, -0.2) is 0 Å². The van der Waals surface area contributed by atoms with E-state index >= 15 is 0 Å². The number of rotatable bonds is 6. The summed E-state index contributed by atoms with van der Waals surface area (Å²) < 4.78 is 4.98. The minimum Gasteiger partial charge on any atom is -0.361 e. The first kappa shape index (κ1) is 18.9. The zero-order chi connectivity index (χ0) is 20.2. The standard InChI is InChI=1S/C23H23N3O3/c1-17-12-21(24-29-17)23(28)26-15-20(16-26)22(27)25(13-18-8-4-2-5-9-18)14-19-10-6-3-7-11-19/h2-12,20H,13-16H2,1H3. The lowest BCUT2D eigenvalue weighted by molar-refractivity contribution is -0.141. The molecule has 1 fully saturated rings. The minimum absolute atomic E-state index is 0.0677. The van der Waals surface area contributed by atoms with Gasteiger partial charge in [0, 0.05) is 32.2 Å². The molecule has 0 saturated carbocycles. The van der Waals surface area contributed by atoms with Crippen molar-refractivity contribution in [1.29, 1.82) is 0 Å². The second-order valence-electron chi connectivity index (χ2n) is 7.40. The number of amides is 2. The van der Waals surface area contributed by atoms with Gasteiger partial charge in [-0.15, -0.1) is 0 Å². The molecule has 2 amide bonds. The summed E-state index contributed by atoms with van der Waals surface area (Å²) in [5.41, 5.74) is 2.46. The minimum atomic E-state index is -0.195. The normalized spacial score (nSPS) is 13.8. The van der Waals surface area contributed by atoms with Crippen molar-refractivity contribution in [3.63, 3.8) is 0 Å². The van der Waals surface area contributed by atoms with E-state index in [1.807, 2.05) is 65.6 Å². The summed E-state index contributed by atoms with van der Waals surface area (Å²) in [6, 6.07) is 21.5. The Labute approximate surface area is 169 Å². The molecule has 3 aromatic rings. The van der Waals surface area contributed by atoms with Gasteiger partial charge in [0.25, 0.3) is 5.91 Å². The van der Waals surface area contributed by atoms with E-state index in [1.165, 1.54) is 0 Å². The first-order valence-corrected chi connectivity index (χ1v) is 9.69. The summed E-state index contributed by atoms with van der Waals surface area (Å²) in [7, 11) is 0. The number of aryl methyl sites for hydroxylation is 1. The van der Waals surface area contributed by atoms with Crippen LogP contribution in [0.25, 0.3) is 0 Å². The number of carbonyl (C=O) groups excluding carboxylic acids is 2. The highest BCUT2D eigenvalue weighted by Gasteiger charge is 2.39. The summed E-state index contributed by atoms with van der Waals surface area (Å²) in [5, 5.41) is 3.77. The predicted octanol–water partition coefficient (Wildman–Crippen LogP) is 3.28. The fourth-order valence-corrected chi connectivity index (χ4v) is 3.51. The SMILES string of the molecule is Cc1cc(C(=O)N2CC(C(=O)N(Cc3ccccc3)Cc3ccccc3)C2)no1. The van der Waals surface area contributed by atoms with E-state index in [0.29, 0.717) is 37.6 Å². The van der Waals surface area contributed by atoms with Crippen molar-refractivity contribution in [3.05, 3.63) is 89.3 Å². The van der Waals surface area contributed by atoms with Crippen LogP contribution in [0.3, 0.4) is 0 Å². The van der Waals surface area contributed by atoms with E-state index in [1.54, 1.807) is 17.9 Å². The van der Waals surface area contributed by atoms with Crippen LogP contribution in [0.4, 0.5) is 0 Å². The number of aromatic nitrogens is 1. The molecule has 2 heterocycles. The lowest BCUT2D eigenvalue weighted by atomic mass is 9.97.